The van der Waals surface area contributed by atoms with Gasteiger partial charge in [-0.05, 0) is 5.56 Å². The standard InChI is InChI=1S/C16H23NO8/c18-8-11-12(19)13(20)14(21)15(25-11)23-7-6-17-16(22)24-9-10-4-2-1-3-5-10/h1-5,11-15,18-21H,6-9H2,(H,17,22)/t11-,12-,13+,14-,15-/m1/s1. The quantitative estimate of drug-likeness (QED) is 0.381. The first-order valence-corrected chi connectivity index (χ1v) is 7.89. The maximum atomic E-state index is 11.5. The summed E-state index contributed by atoms with van der Waals surface area (Å²) in [4.78, 5) is 11.5. The van der Waals surface area contributed by atoms with E-state index in [1.807, 2.05) is 30.3 Å². The van der Waals surface area contributed by atoms with Crippen molar-refractivity contribution >= 4 is 6.09 Å². The summed E-state index contributed by atoms with van der Waals surface area (Å²) >= 11 is 0. The van der Waals surface area contributed by atoms with Gasteiger partial charge < -0.3 is 40.0 Å². The second-order valence-corrected chi connectivity index (χ2v) is 5.56. The lowest BCUT2D eigenvalue weighted by atomic mass is 9.99. The lowest BCUT2D eigenvalue weighted by Crippen LogP contribution is -2.59. The van der Waals surface area contributed by atoms with E-state index < -0.39 is 43.4 Å². The normalized spacial score (nSPS) is 29.2. The molecule has 9 nitrogen and oxygen atoms in total. The van der Waals surface area contributed by atoms with Gasteiger partial charge in [0.1, 0.15) is 31.0 Å². The minimum atomic E-state index is -1.50. The summed E-state index contributed by atoms with van der Waals surface area (Å²) in [6.07, 6.45) is -7.29. The zero-order valence-corrected chi connectivity index (χ0v) is 13.5. The van der Waals surface area contributed by atoms with Gasteiger partial charge in [0.15, 0.2) is 6.29 Å². The van der Waals surface area contributed by atoms with Gasteiger partial charge in [0.25, 0.3) is 0 Å². The number of aliphatic hydroxyl groups is 4. The maximum absolute atomic E-state index is 11.5. The van der Waals surface area contributed by atoms with Crippen molar-refractivity contribution in [3.63, 3.8) is 0 Å². The largest absolute Gasteiger partial charge is 0.445 e. The van der Waals surface area contributed by atoms with E-state index in [4.69, 9.17) is 19.3 Å². The number of aliphatic hydroxyl groups excluding tert-OH is 4. The Kier molecular flexibility index (Phi) is 7.56. The molecule has 0 radical (unpaired) electrons. The Morgan fingerprint density at radius 3 is 2.52 bits per heavy atom. The van der Waals surface area contributed by atoms with Crippen molar-refractivity contribution in [2.75, 3.05) is 19.8 Å². The molecule has 1 heterocycles. The third kappa shape index (κ3) is 5.63. The van der Waals surface area contributed by atoms with E-state index in [0.717, 1.165) is 5.56 Å². The van der Waals surface area contributed by atoms with Crippen molar-refractivity contribution in [1.29, 1.82) is 0 Å². The molecule has 1 amide bonds. The average Bonchev–Trinajstić information content (AvgIpc) is 2.64. The van der Waals surface area contributed by atoms with Gasteiger partial charge in [0.05, 0.1) is 13.2 Å². The lowest BCUT2D eigenvalue weighted by Gasteiger charge is -2.39. The highest BCUT2D eigenvalue weighted by molar-refractivity contribution is 5.67. The topological polar surface area (TPSA) is 138 Å². The van der Waals surface area contributed by atoms with Crippen molar-refractivity contribution in [3.8, 4) is 0 Å². The maximum Gasteiger partial charge on any atom is 0.407 e. The minimum Gasteiger partial charge on any atom is -0.445 e. The molecule has 5 N–H and O–H groups in total. The highest BCUT2D eigenvalue weighted by atomic mass is 16.7. The number of benzene rings is 1. The van der Waals surface area contributed by atoms with Gasteiger partial charge in [-0.2, -0.15) is 0 Å². The highest BCUT2D eigenvalue weighted by Gasteiger charge is 2.43. The number of rotatable bonds is 7. The monoisotopic (exact) mass is 357 g/mol. The van der Waals surface area contributed by atoms with Gasteiger partial charge in [0, 0.05) is 6.54 Å². The molecule has 1 aliphatic rings. The zero-order valence-electron chi connectivity index (χ0n) is 13.5. The molecule has 25 heavy (non-hydrogen) atoms. The zero-order chi connectivity index (χ0) is 18.2. The van der Waals surface area contributed by atoms with E-state index in [9.17, 15) is 20.1 Å². The van der Waals surface area contributed by atoms with Crippen LogP contribution in [0.3, 0.4) is 0 Å². The third-order valence-electron chi connectivity index (χ3n) is 3.71. The van der Waals surface area contributed by atoms with Crippen molar-refractivity contribution in [2.45, 2.75) is 37.3 Å². The van der Waals surface area contributed by atoms with E-state index in [1.54, 1.807) is 0 Å². The van der Waals surface area contributed by atoms with Crippen molar-refractivity contribution in [3.05, 3.63) is 35.9 Å². The van der Waals surface area contributed by atoms with E-state index in [1.165, 1.54) is 0 Å². The van der Waals surface area contributed by atoms with Crippen LogP contribution >= 0.6 is 0 Å². The number of nitrogens with one attached hydrogen (secondary N) is 1. The SMILES string of the molecule is O=C(NCCO[C@@H]1O[C@H](CO)[C@@H](O)[C@H](O)[C@H]1O)OCc1ccccc1. The summed E-state index contributed by atoms with van der Waals surface area (Å²) < 4.78 is 15.4. The first kappa shape index (κ1) is 19.6. The van der Waals surface area contributed by atoms with E-state index >= 15 is 0 Å². The number of ether oxygens (including phenoxy) is 3. The number of carbonyl (C=O) groups excluding carboxylic acids is 1. The second kappa shape index (κ2) is 9.66. The van der Waals surface area contributed by atoms with Crippen LogP contribution in [0.4, 0.5) is 4.79 Å². The van der Waals surface area contributed by atoms with Gasteiger partial charge in [-0.3, -0.25) is 0 Å². The first-order chi connectivity index (χ1) is 12.0. The fourth-order valence-electron chi connectivity index (χ4n) is 2.31. The molecule has 9 heteroatoms. The summed E-state index contributed by atoms with van der Waals surface area (Å²) in [7, 11) is 0. The molecule has 2 rings (SSSR count). The Balaban J connectivity index is 1.65. The van der Waals surface area contributed by atoms with Crippen LogP contribution in [0, 0.1) is 0 Å². The number of hydrogen-bond donors (Lipinski definition) is 5. The van der Waals surface area contributed by atoms with Crippen LogP contribution in [0.15, 0.2) is 30.3 Å². The van der Waals surface area contributed by atoms with Crippen LogP contribution in [0.5, 0.6) is 0 Å². The summed E-state index contributed by atoms with van der Waals surface area (Å²) in [5.74, 6) is 0. The number of alkyl carbamates (subject to hydrolysis) is 1. The Hall–Kier alpha value is -1.75. The molecule has 1 aromatic carbocycles. The van der Waals surface area contributed by atoms with E-state index in [2.05, 4.69) is 5.32 Å². The van der Waals surface area contributed by atoms with Gasteiger partial charge in [-0.15, -0.1) is 0 Å². The highest BCUT2D eigenvalue weighted by Crippen LogP contribution is 2.21. The van der Waals surface area contributed by atoms with Crippen LogP contribution in [0.2, 0.25) is 0 Å². The fraction of sp³-hybridized carbons (Fsp3) is 0.562. The molecule has 0 aromatic heterocycles. The third-order valence-corrected chi connectivity index (χ3v) is 3.71. The number of amides is 1. The number of hydrogen-bond acceptors (Lipinski definition) is 8. The summed E-state index contributed by atoms with van der Waals surface area (Å²) in [5.41, 5.74) is 0.857. The molecule has 0 bridgehead atoms. The first-order valence-electron chi connectivity index (χ1n) is 7.89. The molecule has 0 aliphatic carbocycles. The second-order valence-electron chi connectivity index (χ2n) is 5.56. The van der Waals surface area contributed by atoms with Crippen molar-refractivity contribution in [2.24, 2.45) is 0 Å². The van der Waals surface area contributed by atoms with Gasteiger partial charge in [-0.1, -0.05) is 30.3 Å². The molecule has 1 saturated heterocycles. The van der Waals surface area contributed by atoms with Crippen molar-refractivity contribution < 1.29 is 39.4 Å². The summed E-state index contributed by atoms with van der Waals surface area (Å²) in [5, 5.41) is 40.6. The molecule has 0 saturated carbocycles. The molecule has 5 atom stereocenters. The molecule has 1 aliphatic heterocycles. The Labute approximate surface area is 144 Å². The van der Waals surface area contributed by atoms with Crippen LogP contribution in [-0.2, 0) is 20.8 Å². The van der Waals surface area contributed by atoms with Crippen LogP contribution in [0.1, 0.15) is 5.56 Å². The van der Waals surface area contributed by atoms with Crippen LogP contribution < -0.4 is 5.32 Å². The number of carbonyl (C=O) groups is 1. The Bertz CT molecular complexity index is 526. The summed E-state index contributed by atoms with van der Waals surface area (Å²) in [6, 6.07) is 9.20. The van der Waals surface area contributed by atoms with E-state index in [-0.39, 0.29) is 19.8 Å². The van der Waals surface area contributed by atoms with E-state index in [0.29, 0.717) is 0 Å². The summed E-state index contributed by atoms with van der Waals surface area (Å²) in [6.45, 7) is -0.332. The molecule has 1 fully saturated rings. The molecule has 140 valence electrons. The van der Waals surface area contributed by atoms with Gasteiger partial charge >= 0.3 is 6.09 Å². The average molecular weight is 357 g/mol. The smallest absolute Gasteiger partial charge is 0.407 e. The van der Waals surface area contributed by atoms with Gasteiger partial charge in [0.2, 0.25) is 0 Å². The molecule has 0 spiro atoms. The molecular weight excluding hydrogens is 334 g/mol. The molecular formula is C16H23NO8. The minimum absolute atomic E-state index is 0.0247. The Morgan fingerprint density at radius 1 is 1.12 bits per heavy atom. The van der Waals surface area contributed by atoms with Gasteiger partial charge in [-0.25, -0.2) is 4.79 Å². The van der Waals surface area contributed by atoms with Crippen LogP contribution in [0.25, 0.3) is 0 Å². The lowest BCUT2D eigenvalue weighted by molar-refractivity contribution is -0.300. The molecule has 1 aromatic rings. The fourth-order valence-corrected chi connectivity index (χ4v) is 2.31. The predicted molar refractivity (Wildman–Crippen MR) is 84.3 cm³/mol. The predicted octanol–water partition coefficient (Wildman–Crippen LogP) is -1.27. The Morgan fingerprint density at radius 2 is 1.84 bits per heavy atom. The van der Waals surface area contributed by atoms with Crippen molar-refractivity contribution in [1.82, 2.24) is 5.32 Å². The molecule has 0 unspecified atom stereocenters. The van der Waals surface area contributed by atoms with Crippen LogP contribution in [-0.4, -0.2) is 77.0 Å².